The molecule has 2 aliphatic carbocycles. The molecule has 0 aromatic heterocycles. The lowest BCUT2D eigenvalue weighted by atomic mass is 9.73. The van der Waals surface area contributed by atoms with Crippen LogP contribution in [0.5, 0.6) is 0 Å². The Balaban J connectivity index is 1.93. The quantitative estimate of drug-likeness (QED) is 0.710. The van der Waals surface area contributed by atoms with E-state index in [1.807, 2.05) is 0 Å². The van der Waals surface area contributed by atoms with Crippen molar-refractivity contribution in [3.8, 4) is 0 Å². The largest absolute Gasteiger partial charge is 0.386 e. The Morgan fingerprint density at radius 3 is 2.71 bits per heavy atom. The summed E-state index contributed by atoms with van der Waals surface area (Å²) in [6.45, 7) is 2.27. The summed E-state index contributed by atoms with van der Waals surface area (Å²) in [6.07, 6.45) is 15.8. The van der Waals surface area contributed by atoms with Crippen molar-refractivity contribution in [2.75, 3.05) is 0 Å². The topological polar surface area (TPSA) is 20.2 Å². The molecule has 0 saturated heterocycles. The number of hydrogen-bond acceptors (Lipinski definition) is 1. The van der Waals surface area contributed by atoms with E-state index < -0.39 is 5.60 Å². The van der Waals surface area contributed by atoms with Crippen molar-refractivity contribution in [2.45, 2.75) is 83.2 Å². The first-order valence-corrected chi connectivity index (χ1v) is 7.66. The molecule has 0 atom stereocenters. The van der Waals surface area contributed by atoms with Crippen LogP contribution >= 0.6 is 0 Å². The molecule has 0 bridgehead atoms. The Labute approximate surface area is 106 Å². The summed E-state index contributed by atoms with van der Waals surface area (Å²) < 4.78 is 0. The van der Waals surface area contributed by atoms with Crippen LogP contribution in [0.4, 0.5) is 0 Å². The van der Waals surface area contributed by atoms with E-state index in [1.54, 1.807) is 0 Å². The molecule has 1 fully saturated rings. The Kier molecular flexibility index (Phi) is 4.67. The second-order valence-electron chi connectivity index (χ2n) is 6.09. The maximum Gasteiger partial charge on any atom is 0.0857 e. The minimum absolute atomic E-state index is 0.422. The van der Waals surface area contributed by atoms with Gasteiger partial charge in [0.25, 0.3) is 0 Å². The van der Waals surface area contributed by atoms with Crippen LogP contribution in [0.1, 0.15) is 77.6 Å². The van der Waals surface area contributed by atoms with Crippen molar-refractivity contribution in [3.05, 3.63) is 11.6 Å². The fourth-order valence-electron chi connectivity index (χ4n) is 3.61. The van der Waals surface area contributed by atoms with Gasteiger partial charge in [0.15, 0.2) is 0 Å². The Morgan fingerprint density at radius 2 is 2.00 bits per heavy atom. The van der Waals surface area contributed by atoms with Gasteiger partial charge in [0.05, 0.1) is 5.60 Å². The molecule has 0 aliphatic heterocycles. The zero-order valence-corrected chi connectivity index (χ0v) is 11.4. The van der Waals surface area contributed by atoms with Crippen molar-refractivity contribution in [1.29, 1.82) is 0 Å². The molecule has 17 heavy (non-hydrogen) atoms. The Bertz CT molecular complexity index is 259. The monoisotopic (exact) mass is 236 g/mol. The van der Waals surface area contributed by atoms with Crippen LogP contribution in [0.3, 0.4) is 0 Å². The van der Waals surface area contributed by atoms with Gasteiger partial charge in [-0.05, 0) is 62.9 Å². The van der Waals surface area contributed by atoms with Gasteiger partial charge < -0.3 is 5.11 Å². The van der Waals surface area contributed by atoms with Crippen LogP contribution in [0.2, 0.25) is 0 Å². The van der Waals surface area contributed by atoms with Gasteiger partial charge in [-0.1, -0.05) is 32.3 Å². The van der Waals surface area contributed by atoms with Crippen LogP contribution in [-0.2, 0) is 0 Å². The standard InChI is InChI=1S/C16H28O/c1-2-7-14-10-12-16(17,13-11-14)15-8-5-3-4-6-9-15/h8,14,17H,2-7,9-13H2,1H3. The maximum absolute atomic E-state index is 10.8. The second-order valence-corrected chi connectivity index (χ2v) is 6.09. The summed E-state index contributed by atoms with van der Waals surface area (Å²) in [5.74, 6) is 0.881. The maximum atomic E-state index is 10.8. The SMILES string of the molecule is CCCC1CCC(O)(C2=CCCCCC2)CC1. The highest BCUT2D eigenvalue weighted by Crippen LogP contribution is 2.41. The third-order valence-electron chi connectivity index (χ3n) is 4.77. The Hall–Kier alpha value is -0.300. The summed E-state index contributed by atoms with van der Waals surface area (Å²) in [7, 11) is 0. The predicted molar refractivity (Wildman–Crippen MR) is 73.0 cm³/mol. The molecule has 1 heteroatoms. The first-order valence-electron chi connectivity index (χ1n) is 7.66. The smallest absolute Gasteiger partial charge is 0.0857 e. The highest BCUT2D eigenvalue weighted by atomic mass is 16.3. The third kappa shape index (κ3) is 3.34. The van der Waals surface area contributed by atoms with Gasteiger partial charge in [-0.3, -0.25) is 0 Å². The molecule has 2 rings (SSSR count). The molecule has 1 N–H and O–H groups in total. The molecule has 98 valence electrons. The van der Waals surface area contributed by atoms with Crippen molar-refractivity contribution < 1.29 is 5.11 Å². The first-order chi connectivity index (χ1) is 8.24. The second kappa shape index (κ2) is 6.04. The molecule has 0 radical (unpaired) electrons. The highest BCUT2D eigenvalue weighted by Gasteiger charge is 2.35. The zero-order chi connectivity index (χ0) is 12.1. The van der Waals surface area contributed by atoms with E-state index >= 15 is 0 Å². The van der Waals surface area contributed by atoms with Gasteiger partial charge in [-0.25, -0.2) is 0 Å². The number of rotatable bonds is 3. The predicted octanol–water partition coefficient (Wildman–Crippen LogP) is 4.60. The molecule has 0 spiro atoms. The van der Waals surface area contributed by atoms with Crippen LogP contribution < -0.4 is 0 Å². The molecule has 1 nitrogen and oxygen atoms in total. The van der Waals surface area contributed by atoms with Gasteiger partial charge in [0.2, 0.25) is 0 Å². The summed E-state index contributed by atoms with van der Waals surface area (Å²) in [6, 6.07) is 0. The van der Waals surface area contributed by atoms with E-state index in [0.717, 1.165) is 25.2 Å². The van der Waals surface area contributed by atoms with Crippen LogP contribution in [0, 0.1) is 5.92 Å². The molecule has 0 amide bonds. The lowest BCUT2D eigenvalue weighted by Gasteiger charge is -2.38. The van der Waals surface area contributed by atoms with Gasteiger partial charge in [-0.15, -0.1) is 0 Å². The van der Waals surface area contributed by atoms with E-state index in [2.05, 4.69) is 13.0 Å². The Morgan fingerprint density at radius 1 is 1.24 bits per heavy atom. The van der Waals surface area contributed by atoms with Crippen molar-refractivity contribution in [3.63, 3.8) is 0 Å². The highest BCUT2D eigenvalue weighted by molar-refractivity contribution is 5.18. The van der Waals surface area contributed by atoms with E-state index in [4.69, 9.17) is 0 Å². The molecular weight excluding hydrogens is 208 g/mol. The van der Waals surface area contributed by atoms with Crippen LogP contribution in [-0.4, -0.2) is 10.7 Å². The van der Waals surface area contributed by atoms with Gasteiger partial charge in [0.1, 0.15) is 0 Å². The molecule has 0 unspecified atom stereocenters. The number of hydrogen-bond donors (Lipinski definition) is 1. The van der Waals surface area contributed by atoms with Crippen molar-refractivity contribution >= 4 is 0 Å². The average molecular weight is 236 g/mol. The number of aliphatic hydroxyl groups is 1. The van der Waals surface area contributed by atoms with Gasteiger partial charge in [0, 0.05) is 0 Å². The van der Waals surface area contributed by atoms with E-state index in [9.17, 15) is 5.11 Å². The molecule has 0 aromatic rings. The minimum atomic E-state index is -0.422. The molecule has 1 saturated carbocycles. The lowest BCUT2D eigenvalue weighted by Crippen LogP contribution is -2.36. The third-order valence-corrected chi connectivity index (χ3v) is 4.77. The fourth-order valence-corrected chi connectivity index (χ4v) is 3.61. The van der Waals surface area contributed by atoms with E-state index in [0.29, 0.717) is 0 Å². The molecule has 0 heterocycles. The van der Waals surface area contributed by atoms with Gasteiger partial charge in [-0.2, -0.15) is 0 Å². The molecule has 2 aliphatic rings. The normalized spacial score (nSPS) is 35.2. The lowest BCUT2D eigenvalue weighted by molar-refractivity contribution is 0.0199. The fraction of sp³-hybridized carbons (Fsp3) is 0.875. The zero-order valence-electron chi connectivity index (χ0n) is 11.4. The molecular formula is C16H28O. The summed E-state index contributed by atoms with van der Waals surface area (Å²) >= 11 is 0. The molecule has 0 aromatic carbocycles. The minimum Gasteiger partial charge on any atom is -0.386 e. The van der Waals surface area contributed by atoms with Crippen molar-refractivity contribution in [1.82, 2.24) is 0 Å². The first kappa shape index (κ1) is 13.1. The van der Waals surface area contributed by atoms with Gasteiger partial charge >= 0.3 is 0 Å². The number of allylic oxidation sites excluding steroid dienone is 1. The average Bonchev–Trinajstić information content (AvgIpc) is 2.62. The van der Waals surface area contributed by atoms with Crippen molar-refractivity contribution in [2.24, 2.45) is 5.92 Å². The van der Waals surface area contributed by atoms with Crippen LogP contribution in [0.25, 0.3) is 0 Å². The van der Waals surface area contributed by atoms with E-state index in [-0.39, 0.29) is 0 Å². The van der Waals surface area contributed by atoms with E-state index in [1.165, 1.54) is 56.9 Å². The summed E-state index contributed by atoms with van der Waals surface area (Å²) in [5.41, 5.74) is 0.958. The van der Waals surface area contributed by atoms with Crippen LogP contribution in [0.15, 0.2) is 11.6 Å². The summed E-state index contributed by atoms with van der Waals surface area (Å²) in [4.78, 5) is 0. The summed E-state index contributed by atoms with van der Waals surface area (Å²) in [5, 5.41) is 10.8.